The van der Waals surface area contributed by atoms with Crippen LogP contribution in [0.5, 0.6) is 0 Å². The number of amides is 2. The van der Waals surface area contributed by atoms with Crippen LogP contribution in [0.15, 0.2) is 10.6 Å². The Balaban J connectivity index is 2.00. The highest BCUT2D eigenvalue weighted by molar-refractivity contribution is 5.73. The fourth-order valence-corrected chi connectivity index (χ4v) is 1.51. The maximum absolute atomic E-state index is 11.4. The standard InChI is InChI=1S/C12H19N3O4/c1-9-7-10(19-15-9)8-14-12(18)13-6-4-2-3-5-11(16)17/h7H,2-6,8H2,1H3,(H,16,17)(H2,13,14,18). The molecule has 7 heteroatoms. The minimum Gasteiger partial charge on any atom is -0.481 e. The van der Waals surface area contributed by atoms with E-state index in [0.29, 0.717) is 25.3 Å². The van der Waals surface area contributed by atoms with Gasteiger partial charge in [0.25, 0.3) is 0 Å². The van der Waals surface area contributed by atoms with Crippen molar-refractivity contribution < 1.29 is 19.2 Å². The van der Waals surface area contributed by atoms with Crippen molar-refractivity contribution in [2.24, 2.45) is 0 Å². The van der Waals surface area contributed by atoms with E-state index in [1.165, 1.54) is 0 Å². The quantitative estimate of drug-likeness (QED) is 0.619. The number of aryl methyl sites for hydroxylation is 1. The van der Waals surface area contributed by atoms with Crippen LogP contribution in [0.4, 0.5) is 4.79 Å². The molecule has 3 N–H and O–H groups in total. The molecule has 1 aromatic rings. The van der Waals surface area contributed by atoms with Crippen LogP contribution in [0, 0.1) is 6.92 Å². The van der Waals surface area contributed by atoms with Crippen molar-refractivity contribution in [3.63, 3.8) is 0 Å². The van der Waals surface area contributed by atoms with Crippen molar-refractivity contribution in [2.45, 2.75) is 39.2 Å². The molecule has 19 heavy (non-hydrogen) atoms. The third-order valence-corrected chi connectivity index (χ3v) is 2.45. The molecule has 0 unspecified atom stereocenters. The summed E-state index contributed by atoms with van der Waals surface area (Å²) in [6.45, 7) is 2.64. The van der Waals surface area contributed by atoms with E-state index >= 15 is 0 Å². The largest absolute Gasteiger partial charge is 0.481 e. The first-order chi connectivity index (χ1) is 9.08. The van der Waals surface area contributed by atoms with Gasteiger partial charge < -0.3 is 20.3 Å². The molecular weight excluding hydrogens is 250 g/mol. The molecule has 0 radical (unpaired) electrons. The number of unbranched alkanes of at least 4 members (excludes halogenated alkanes) is 2. The summed E-state index contributed by atoms with van der Waals surface area (Å²) in [6.07, 6.45) is 2.36. The molecule has 0 saturated carbocycles. The summed E-state index contributed by atoms with van der Waals surface area (Å²) in [4.78, 5) is 21.7. The van der Waals surface area contributed by atoms with Crippen LogP contribution in [0.2, 0.25) is 0 Å². The monoisotopic (exact) mass is 269 g/mol. The zero-order valence-corrected chi connectivity index (χ0v) is 10.9. The zero-order valence-electron chi connectivity index (χ0n) is 10.9. The van der Waals surface area contributed by atoms with Gasteiger partial charge in [-0.25, -0.2) is 4.79 Å². The molecule has 0 saturated heterocycles. The fraction of sp³-hybridized carbons (Fsp3) is 0.583. The Morgan fingerprint density at radius 2 is 2.11 bits per heavy atom. The number of nitrogens with zero attached hydrogens (tertiary/aromatic N) is 1. The second-order valence-corrected chi connectivity index (χ2v) is 4.25. The molecule has 1 rings (SSSR count). The number of carboxylic acid groups (broad SMARTS) is 1. The maximum atomic E-state index is 11.4. The van der Waals surface area contributed by atoms with E-state index in [2.05, 4.69) is 15.8 Å². The van der Waals surface area contributed by atoms with Gasteiger partial charge in [0.1, 0.15) is 0 Å². The normalized spacial score (nSPS) is 10.2. The molecule has 1 aromatic heterocycles. The van der Waals surface area contributed by atoms with Gasteiger partial charge in [0.2, 0.25) is 0 Å². The summed E-state index contributed by atoms with van der Waals surface area (Å²) in [5, 5.41) is 17.5. The predicted molar refractivity (Wildman–Crippen MR) is 67.6 cm³/mol. The molecule has 0 bridgehead atoms. The predicted octanol–water partition coefficient (Wildman–Crippen LogP) is 1.43. The molecular formula is C12H19N3O4. The fourth-order valence-electron chi connectivity index (χ4n) is 1.51. The van der Waals surface area contributed by atoms with Gasteiger partial charge >= 0.3 is 12.0 Å². The highest BCUT2D eigenvalue weighted by atomic mass is 16.5. The summed E-state index contributed by atoms with van der Waals surface area (Å²) >= 11 is 0. The number of hydrogen-bond donors (Lipinski definition) is 3. The van der Waals surface area contributed by atoms with Gasteiger partial charge in [-0.15, -0.1) is 0 Å². The van der Waals surface area contributed by atoms with Gasteiger partial charge in [-0.1, -0.05) is 11.6 Å². The Hall–Kier alpha value is -2.05. The minimum atomic E-state index is -0.784. The Kier molecular flexibility index (Phi) is 6.42. The average Bonchev–Trinajstić information content (AvgIpc) is 2.76. The van der Waals surface area contributed by atoms with Crippen molar-refractivity contribution in [1.29, 1.82) is 0 Å². The van der Waals surface area contributed by atoms with Crippen LogP contribution < -0.4 is 10.6 Å². The molecule has 0 fully saturated rings. The molecule has 0 aliphatic carbocycles. The van der Waals surface area contributed by atoms with Crippen molar-refractivity contribution in [1.82, 2.24) is 15.8 Å². The van der Waals surface area contributed by atoms with Gasteiger partial charge in [-0.2, -0.15) is 0 Å². The Labute approximate surface area is 111 Å². The van der Waals surface area contributed by atoms with Crippen molar-refractivity contribution >= 4 is 12.0 Å². The first-order valence-corrected chi connectivity index (χ1v) is 6.23. The lowest BCUT2D eigenvalue weighted by atomic mass is 10.2. The molecule has 0 aliphatic heterocycles. The summed E-state index contributed by atoms with van der Waals surface area (Å²) in [5.74, 6) is -0.179. The number of aromatic nitrogens is 1. The van der Waals surface area contributed by atoms with E-state index in [4.69, 9.17) is 9.63 Å². The third-order valence-electron chi connectivity index (χ3n) is 2.45. The molecule has 7 nitrogen and oxygen atoms in total. The van der Waals surface area contributed by atoms with Crippen LogP contribution >= 0.6 is 0 Å². The van der Waals surface area contributed by atoms with Crippen molar-refractivity contribution in [2.75, 3.05) is 6.54 Å². The van der Waals surface area contributed by atoms with E-state index in [0.717, 1.165) is 18.5 Å². The number of carbonyl (C=O) groups excluding carboxylic acids is 1. The van der Waals surface area contributed by atoms with Gasteiger partial charge in [-0.05, 0) is 19.8 Å². The summed E-state index contributed by atoms with van der Waals surface area (Å²) < 4.78 is 4.95. The molecule has 0 atom stereocenters. The van der Waals surface area contributed by atoms with Gasteiger partial charge in [0.05, 0.1) is 12.2 Å². The number of nitrogens with one attached hydrogen (secondary N) is 2. The van der Waals surface area contributed by atoms with Crippen LogP contribution in [-0.4, -0.2) is 28.8 Å². The lowest BCUT2D eigenvalue weighted by Gasteiger charge is -2.05. The van der Waals surface area contributed by atoms with Crippen molar-refractivity contribution in [3.8, 4) is 0 Å². The average molecular weight is 269 g/mol. The topological polar surface area (TPSA) is 104 Å². The minimum absolute atomic E-state index is 0.178. The first-order valence-electron chi connectivity index (χ1n) is 6.23. The molecule has 106 valence electrons. The van der Waals surface area contributed by atoms with Gasteiger partial charge in [0, 0.05) is 19.0 Å². The number of rotatable bonds is 8. The Morgan fingerprint density at radius 3 is 2.74 bits per heavy atom. The number of aliphatic carboxylic acids is 1. The van der Waals surface area contributed by atoms with Crippen LogP contribution in [0.1, 0.15) is 37.1 Å². The molecule has 2 amide bonds. The molecule has 0 aliphatic rings. The van der Waals surface area contributed by atoms with E-state index < -0.39 is 5.97 Å². The third kappa shape index (κ3) is 7.07. The van der Waals surface area contributed by atoms with E-state index in [9.17, 15) is 9.59 Å². The van der Waals surface area contributed by atoms with Crippen molar-refractivity contribution in [3.05, 3.63) is 17.5 Å². The van der Waals surface area contributed by atoms with Gasteiger partial charge in [0.15, 0.2) is 5.76 Å². The Morgan fingerprint density at radius 1 is 1.32 bits per heavy atom. The van der Waals surface area contributed by atoms with Crippen LogP contribution in [0.25, 0.3) is 0 Å². The molecule has 0 aromatic carbocycles. The number of carbonyl (C=O) groups is 2. The Bertz CT molecular complexity index is 417. The summed E-state index contributed by atoms with van der Waals surface area (Å²) in [6, 6.07) is 1.49. The highest BCUT2D eigenvalue weighted by Gasteiger charge is 2.03. The van der Waals surface area contributed by atoms with Crippen LogP contribution in [-0.2, 0) is 11.3 Å². The number of carboxylic acids is 1. The highest BCUT2D eigenvalue weighted by Crippen LogP contribution is 2.01. The SMILES string of the molecule is Cc1cc(CNC(=O)NCCCCCC(=O)O)on1. The lowest BCUT2D eigenvalue weighted by Crippen LogP contribution is -2.35. The van der Waals surface area contributed by atoms with E-state index in [1.54, 1.807) is 6.07 Å². The second kappa shape index (κ2) is 8.12. The zero-order chi connectivity index (χ0) is 14.1. The van der Waals surface area contributed by atoms with Gasteiger partial charge in [-0.3, -0.25) is 4.79 Å². The van der Waals surface area contributed by atoms with E-state index in [-0.39, 0.29) is 12.5 Å². The number of hydrogen-bond acceptors (Lipinski definition) is 4. The summed E-state index contributed by atoms with van der Waals surface area (Å²) in [7, 11) is 0. The molecule has 1 heterocycles. The maximum Gasteiger partial charge on any atom is 0.315 e. The summed E-state index contributed by atoms with van der Waals surface area (Å²) in [5.41, 5.74) is 0.774. The lowest BCUT2D eigenvalue weighted by molar-refractivity contribution is -0.137. The molecule has 0 spiro atoms. The number of urea groups is 1. The smallest absolute Gasteiger partial charge is 0.315 e. The second-order valence-electron chi connectivity index (χ2n) is 4.25. The van der Waals surface area contributed by atoms with E-state index in [1.807, 2.05) is 6.92 Å². The van der Waals surface area contributed by atoms with Crippen LogP contribution in [0.3, 0.4) is 0 Å². The first kappa shape index (κ1) is 15.0.